The van der Waals surface area contributed by atoms with E-state index in [1.54, 1.807) is 36.4 Å². The van der Waals surface area contributed by atoms with Crippen molar-refractivity contribution in [3.63, 3.8) is 0 Å². The number of aryl methyl sites for hydroxylation is 2. The highest BCUT2D eigenvalue weighted by atomic mass is 35.5. The maximum Gasteiger partial charge on any atom is 0.264 e. The van der Waals surface area contributed by atoms with Crippen LogP contribution in [0.3, 0.4) is 0 Å². The molecule has 0 saturated carbocycles. The molecule has 0 spiro atoms. The summed E-state index contributed by atoms with van der Waals surface area (Å²) in [6.45, 7) is 1.88. The molecule has 0 radical (unpaired) electrons. The van der Waals surface area contributed by atoms with Crippen LogP contribution >= 0.6 is 23.2 Å². The van der Waals surface area contributed by atoms with Gasteiger partial charge in [-0.15, -0.1) is 0 Å². The molecular formula is C24H24Cl2N2O3S. The first kappa shape index (κ1) is 24.1. The van der Waals surface area contributed by atoms with Gasteiger partial charge in [-0.1, -0.05) is 71.2 Å². The Morgan fingerprint density at radius 1 is 0.906 bits per heavy atom. The van der Waals surface area contributed by atoms with Crippen molar-refractivity contribution in [3.05, 3.63) is 94.0 Å². The lowest BCUT2D eigenvalue weighted by Gasteiger charge is -2.25. The van der Waals surface area contributed by atoms with Crippen LogP contribution < -0.4 is 9.62 Å². The topological polar surface area (TPSA) is 66.5 Å². The van der Waals surface area contributed by atoms with Gasteiger partial charge in [-0.25, -0.2) is 8.42 Å². The summed E-state index contributed by atoms with van der Waals surface area (Å²) in [4.78, 5) is 12.8. The number of carbonyl (C=O) groups excluding carboxylic acids is 1. The van der Waals surface area contributed by atoms with Crippen molar-refractivity contribution in [2.24, 2.45) is 0 Å². The predicted molar refractivity (Wildman–Crippen MR) is 130 cm³/mol. The molecule has 168 valence electrons. The average molecular weight is 491 g/mol. The Labute approximate surface area is 199 Å². The minimum absolute atomic E-state index is 0.0922. The number of nitrogens with zero attached hydrogens (tertiary/aromatic N) is 1. The van der Waals surface area contributed by atoms with E-state index >= 15 is 0 Å². The number of hydrogen-bond acceptors (Lipinski definition) is 3. The van der Waals surface area contributed by atoms with Crippen LogP contribution in [0, 0.1) is 6.92 Å². The van der Waals surface area contributed by atoms with Crippen LogP contribution in [-0.4, -0.2) is 27.4 Å². The minimum Gasteiger partial charge on any atom is -0.355 e. The number of halogens is 2. The molecule has 3 aromatic carbocycles. The van der Waals surface area contributed by atoms with E-state index in [-0.39, 0.29) is 22.2 Å². The minimum atomic E-state index is -4.00. The van der Waals surface area contributed by atoms with Crippen LogP contribution in [0.5, 0.6) is 0 Å². The van der Waals surface area contributed by atoms with E-state index in [9.17, 15) is 13.2 Å². The molecule has 0 unspecified atom stereocenters. The summed E-state index contributed by atoms with van der Waals surface area (Å²) in [5.41, 5.74) is 2.19. The largest absolute Gasteiger partial charge is 0.355 e. The number of benzene rings is 3. The molecular weight excluding hydrogens is 467 g/mol. The van der Waals surface area contributed by atoms with Crippen molar-refractivity contribution < 1.29 is 13.2 Å². The molecule has 0 bridgehead atoms. The number of nitrogens with one attached hydrogen (secondary N) is 1. The van der Waals surface area contributed by atoms with Gasteiger partial charge in [0.25, 0.3) is 10.0 Å². The van der Waals surface area contributed by atoms with Crippen molar-refractivity contribution in [3.8, 4) is 0 Å². The molecule has 5 nitrogen and oxygen atoms in total. The highest BCUT2D eigenvalue weighted by Gasteiger charge is 2.28. The van der Waals surface area contributed by atoms with Gasteiger partial charge in [0, 0.05) is 11.6 Å². The van der Waals surface area contributed by atoms with Gasteiger partial charge >= 0.3 is 0 Å². The molecule has 0 fully saturated rings. The van der Waals surface area contributed by atoms with Gasteiger partial charge in [-0.2, -0.15) is 0 Å². The Morgan fingerprint density at radius 2 is 1.53 bits per heavy atom. The van der Waals surface area contributed by atoms with E-state index in [1.807, 2.05) is 31.2 Å². The zero-order valence-electron chi connectivity index (χ0n) is 17.6. The Kier molecular flexibility index (Phi) is 8.18. The van der Waals surface area contributed by atoms with Gasteiger partial charge in [-0.05, 0) is 55.7 Å². The number of hydrogen-bond donors (Lipinski definition) is 1. The summed E-state index contributed by atoms with van der Waals surface area (Å²) >= 11 is 12.4. The number of rotatable bonds is 9. The molecule has 0 heterocycles. The molecule has 0 atom stereocenters. The monoisotopic (exact) mass is 490 g/mol. The number of carbonyl (C=O) groups is 1. The second-order valence-electron chi connectivity index (χ2n) is 7.32. The zero-order valence-corrected chi connectivity index (χ0v) is 19.9. The van der Waals surface area contributed by atoms with E-state index < -0.39 is 15.9 Å². The van der Waals surface area contributed by atoms with Crippen LogP contribution in [0.4, 0.5) is 5.69 Å². The Balaban J connectivity index is 1.73. The van der Waals surface area contributed by atoms with Crippen molar-refractivity contribution >= 4 is 44.8 Å². The standard InChI is InChI=1S/C24H24Cl2N2O3S/c1-18-12-14-20(15-13-18)32(30,31)28(23-11-5-4-10-22(23)26)17-24(29)27-16-6-8-19-7-2-3-9-21(19)25/h2-5,7,9-15H,6,8,16-17H2,1H3,(H,27,29). The third-order valence-corrected chi connectivity index (χ3v) is 7.38. The highest BCUT2D eigenvalue weighted by molar-refractivity contribution is 7.92. The van der Waals surface area contributed by atoms with Gasteiger partial charge in [0.05, 0.1) is 15.6 Å². The lowest BCUT2D eigenvalue weighted by atomic mass is 10.1. The normalized spacial score (nSPS) is 11.2. The van der Waals surface area contributed by atoms with Gasteiger partial charge in [0.1, 0.15) is 6.54 Å². The fourth-order valence-electron chi connectivity index (χ4n) is 3.19. The van der Waals surface area contributed by atoms with Crippen LogP contribution in [0.25, 0.3) is 0 Å². The van der Waals surface area contributed by atoms with E-state index in [4.69, 9.17) is 23.2 Å². The van der Waals surface area contributed by atoms with Crippen LogP contribution in [0.15, 0.2) is 77.7 Å². The van der Waals surface area contributed by atoms with Crippen molar-refractivity contribution in [1.82, 2.24) is 5.32 Å². The number of sulfonamides is 1. The number of amides is 1. The molecule has 0 aliphatic heterocycles. The van der Waals surface area contributed by atoms with E-state index in [1.165, 1.54) is 12.1 Å². The summed E-state index contributed by atoms with van der Waals surface area (Å²) < 4.78 is 27.8. The summed E-state index contributed by atoms with van der Waals surface area (Å²) in [6, 6.07) is 20.6. The quantitative estimate of drug-likeness (QED) is 0.416. The summed E-state index contributed by atoms with van der Waals surface area (Å²) in [5, 5.41) is 3.73. The third kappa shape index (κ3) is 6.03. The average Bonchev–Trinajstić information content (AvgIpc) is 2.77. The Bertz CT molecular complexity index is 1180. The smallest absolute Gasteiger partial charge is 0.264 e. The maximum absolute atomic E-state index is 13.4. The molecule has 3 rings (SSSR count). The number of para-hydroxylation sites is 1. The fourth-order valence-corrected chi connectivity index (χ4v) is 5.14. The second-order valence-corrected chi connectivity index (χ2v) is 10.00. The molecule has 1 N–H and O–H groups in total. The van der Waals surface area contributed by atoms with Crippen LogP contribution in [-0.2, 0) is 21.2 Å². The van der Waals surface area contributed by atoms with Crippen molar-refractivity contribution in [2.45, 2.75) is 24.7 Å². The SMILES string of the molecule is Cc1ccc(S(=O)(=O)N(CC(=O)NCCCc2ccccc2Cl)c2ccccc2Cl)cc1. The van der Waals surface area contributed by atoms with Gasteiger partial charge < -0.3 is 5.32 Å². The Morgan fingerprint density at radius 3 is 2.19 bits per heavy atom. The van der Waals surface area contributed by atoms with Gasteiger partial charge in [0.2, 0.25) is 5.91 Å². The molecule has 0 aliphatic rings. The molecule has 8 heteroatoms. The third-order valence-electron chi connectivity index (χ3n) is 4.92. The summed E-state index contributed by atoms with van der Waals surface area (Å²) in [5.74, 6) is -0.417. The van der Waals surface area contributed by atoms with Crippen molar-refractivity contribution in [2.75, 3.05) is 17.4 Å². The van der Waals surface area contributed by atoms with Gasteiger partial charge in [0.15, 0.2) is 0 Å². The molecule has 0 saturated heterocycles. The summed E-state index contributed by atoms with van der Waals surface area (Å²) in [7, 11) is -4.00. The summed E-state index contributed by atoms with van der Waals surface area (Å²) in [6.07, 6.45) is 1.38. The van der Waals surface area contributed by atoms with E-state index in [0.29, 0.717) is 24.4 Å². The van der Waals surface area contributed by atoms with Crippen LogP contribution in [0.2, 0.25) is 10.0 Å². The van der Waals surface area contributed by atoms with E-state index in [0.717, 1.165) is 15.4 Å². The van der Waals surface area contributed by atoms with E-state index in [2.05, 4.69) is 5.32 Å². The molecule has 3 aromatic rings. The zero-order chi connectivity index (χ0) is 23.1. The molecule has 32 heavy (non-hydrogen) atoms. The Hall–Kier alpha value is -2.54. The first-order valence-corrected chi connectivity index (χ1v) is 12.3. The second kappa shape index (κ2) is 10.9. The first-order chi connectivity index (χ1) is 15.3. The number of anilines is 1. The fraction of sp³-hybridized carbons (Fsp3) is 0.208. The highest BCUT2D eigenvalue weighted by Crippen LogP contribution is 2.30. The van der Waals surface area contributed by atoms with Crippen molar-refractivity contribution in [1.29, 1.82) is 0 Å². The first-order valence-electron chi connectivity index (χ1n) is 10.1. The maximum atomic E-state index is 13.4. The van der Waals surface area contributed by atoms with Crippen LogP contribution in [0.1, 0.15) is 17.5 Å². The lowest BCUT2D eigenvalue weighted by Crippen LogP contribution is -2.41. The molecule has 1 amide bonds. The predicted octanol–water partition coefficient (Wildman–Crippen LogP) is 5.25. The molecule has 0 aliphatic carbocycles. The molecule has 0 aromatic heterocycles. The lowest BCUT2D eigenvalue weighted by molar-refractivity contribution is -0.119. The van der Waals surface area contributed by atoms with Gasteiger partial charge in [-0.3, -0.25) is 9.10 Å².